The Labute approximate surface area is 154 Å². The number of hydrogen-bond donors (Lipinski definition) is 1. The van der Waals surface area contributed by atoms with E-state index >= 15 is 0 Å². The van der Waals surface area contributed by atoms with Crippen molar-refractivity contribution in [1.82, 2.24) is 0 Å². The Morgan fingerprint density at radius 3 is 2.19 bits per heavy atom. The number of ketones is 1. The highest BCUT2D eigenvalue weighted by atomic mass is 16.5. The Balaban J connectivity index is 1.97. The summed E-state index contributed by atoms with van der Waals surface area (Å²) in [5, 5.41) is 2.71. The highest BCUT2D eigenvalue weighted by molar-refractivity contribution is 6.11. The molecule has 26 heavy (non-hydrogen) atoms. The van der Waals surface area contributed by atoms with Crippen molar-refractivity contribution in [2.24, 2.45) is 5.92 Å². The van der Waals surface area contributed by atoms with E-state index in [1.54, 1.807) is 37.4 Å². The lowest BCUT2D eigenvalue weighted by Crippen LogP contribution is -2.16. The van der Waals surface area contributed by atoms with E-state index in [4.69, 9.17) is 9.47 Å². The fraction of sp³-hybridized carbons (Fsp3) is 0.333. The van der Waals surface area contributed by atoms with Crippen LogP contribution in [0.1, 0.15) is 36.2 Å². The fourth-order valence-corrected chi connectivity index (χ4v) is 2.67. The maximum absolute atomic E-state index is 12.3. The van der Waals surface area contributed by atoms with Crippen LogP contribution < -0.4 is 14.8 Å². The molecule has 0 atom stereocenters. The summed E-state index contributed by atoms with van der Waals surface area (Å²) in [6, 6.07) is 12.5. The molecule has 0 aromatic heterocycles. The maximum Gasteiger partial charge on any atom is 0.232 e. The van der Waals surface area contributed by atoms with Gasteiger partial charge in [-0.2, -0.15) is 0 Å². The first-order valence-electron chi connectivity index (χ1n) is 8.57. The molecule has 5 nitrogen and oxygen atoms in total. The molecule has 0 aliphatic carbocycles. The van der Waals surface area contributed by atoms with Gasteiger partial charge in [0, 0.05) is 17.3 Å². The summed E-state index contributed by atoms with van der Waals surface area (Å²) in [7, 11) is 3.07. The summed E-state index contributed by atoms with van der Waals surface area (Å²) < 4.78 is 10.4. The number of nitrogens with one attached hydrogen (secondary N) is 1. The van der Waals surface area contributed by atoms with Crippen LogP contribution in [0.5, 0.6) is 11.5 Å². The molecular formula is C21H25NO4. The van der Waals surface area contributed by atoms with Crippen molar-refractivity contribution in [2.75, 3.05) is 19.5 Å². The van der Waals surface area contributed by atoms with E-state index in [9.17, 15) is 9.59 Å². The fourth-order valence-electron chi connectivity index (χ4n) is 2.67. The summed E-state index contributed by atoms with van der Waals surface area (Å²) in [4.78, 5) is 24.5. The highest BCUT2D eigenvalue weighted by Gasteiger charge is 2.13. The van der Waals surface area contributed by atoms with Gasteiger partial charge < -0.3 is 14.8 Å². The number of benzene rings is 2. The number of carbonyl (C=O) groups excluding carboxylic acids is 2. The second-order valence-corrected chi connectivity index (χ2v) is 6.51. The average molecular weight is 355 g/mol. The first-order chi connectivity index (χ1) is 12.4. The summed E-state index contributed by atoms with van der Waals surface area (Å²) in [6.07, 6.45) is 0.756. The third kappa shape index (κ3) is 5.34. The largest absolute Gasteiger partial charge is 0.493 e. The Hall–Kier alpha value is -2.82. The van der Waals surface area contributed by atoms with Gasteiger partial charge in [-0.25, -0.2) is 0 Å². The molecule has 2 aromatic carbocycles. The van der Waals surface area contributed by atoms with Gasteiger partial charge in [0.2, 0.25) is 5.91 Å². The molecule has 138 valence electrons. The molecule has 5 heteroatoms. The number of Topliss-reactive ketones (excluding diaryl/α,β-unsaturated/α-hetero) is 1. The maximum atomic E-state index is 12.3. The minimum atomic E-state index is -0.367. The topological polar surface area (TPSA) is 64.6 Å². The number of ether oxygens (including phenoxy) is 2. The first-order valence-corrected chi connectivity index (χ1v) is 8.57. The number of anilines is 1. The molecule has 0 unspecified atom stereocenters. The smallest absolute Gasteiger partial charge is 0.232 e. The Morgan fingerprint density at radius 2 is 1.62 bits per heavy atom. The highest BCUT2D eigenvalue weighted by Crippen LogP contribution is 2.29. The number of hydrogen-bond acceptors (Lipinski definition) is 4. The molecule has 0 heterocycles. The van der Waals surface area contributed by atoms with E-state index in [2.05, 4.69) is 19.2 Å². The van der Waals surface area contributed by atoms with E-state index in [0.717, 1.165) is 6.42 Å². The van der Waals surface area contributed by atoms with Gasteiger partial charge in [0.1, 0.15) is 0 Å². The van der Waals surface area contributed by atoms with Crippen LogP contribution in [-0.2, 0) is 11.2 Å². The van der Waals surface area contributed by atoms with Gasteiger partial charge in [-0.3, -0.25) is 9.59 Å². The van der Waals surface area contributed by atoms with E-state index < -0.39 is 0 Å². The van der Waals surface area contributed by atoms with Crippen LogP contribution in [0.25, 0.3) is 0 Å². The van der Waals surface area contributed by atoms with Crippen molar-refractivity contribution in [1.29, 1.82) is 0 Å². The molecule has 0 spiro atoms. The second kappa shape index (κ2) is 9.04. The SMILES string of the molecule is COc1ccc(NC(=O)CC(=O)c2ccc(CC(C)C)cc2)cc1OC. The van der Waals surface area contributed by atoms with Crippen LogP contribution in [0.15, 0.2) is 42.5 Å². The normalized spacial score (nSPS) is 10.5. The molecule has 0 radical (unpaired) electrons. The summed E-state index contributed by atoms with van der Waals surface area (Å²) in [5.74, 6) is 1.07. The molecule has 0 saturated carbocycles. The van der Waals surface area contributed by atoms with E-state index in [0.29, 0.717) is 28.7 Å². The standard InChI is InChI=1S/C21H25NO4/c1-14(2)11-15-5-7-16(8-6-15)18(23)13-21(24)22-17-9-10-19(25-3)20(12-17)26-4/h5-10,12,14H,11,13H2,1-4H3,(H,22,24). The second-order valence-electron chi connectivity index (χ2n) is 6.51. The average Bonchev–Trinajstić information content (AvgIpc) is 2.61. The van der Waals surface area contributed by atoms with E-state index in [1.807, 2.05) is 12.1 Å². The summed E-state index contributed by atoms with van der Waals surface area (Å²) in [6.45, 7) is 4.30. The number of carbonyl (C=O) groups is 2. The third-order valence-electron chi connectivity index (χ3n) is 3.91. The van der Waals surface area contributed by atoms with Crippen molar-refractivity contribution in [3.63, 3.8) is 0 Å². The molecule has 2 aromatic rings. The van der Waals surface area contributed by atoms with Gasteiger partial charge >= 0.3 is 0 Å². The molecular weight excluding hydrogens is 330 g/mol. The van der Waals surface area contributed by atoms with Gasteiger partial charge in [0.25, 0.3) is 0 Å². The van der Waals surface area contributed by atoms with Crippen molar-refractivity contribution >= 4 is 17.4 Å². The molecule has 0 saturated heterocycles. The van der Waals surface area contributed by atoms with Crippen molar-refractivity contribution in [3.8, 4) is 11.5 Å². The molecule has 0 aliphatic rings. The quantitative estimate of drug-likeness (QED) is 0.572. The third-order valence-corrected chi connectivity index (χ3v) is 3.91. The molecule has 1 amide bonds. The Bertz CT molecular complexity index is 766. The summed E-state index contributed by atoms with van der Waals surface area (Å²) in [5.41, 5.74) is 2.28. The van der Waals surface area contributed by atoms with Crippen molar-refractivity contribution in [2.45, 2.75) is 26.7 Å². The minimum absolute atomic E-state index is 0.209. The Kier molecular flexibility index (Phi) is 6.78. The number of amides is 1. The number of rotatable bonds is 8. The lowest BCUT2D eigenvalue weighted by molar-refractivity contribution is -0.115. The molecule has 0 bridgehead atoms. The van der Waals surface area contributed by atoms with Crippen LogP contribution in [0.4, 0.5) is 5.69 Å². The van der Waals surface area contributed by atoms with Gasteiger partial charge in [0.05, 0.1) is 20.6 Å². The van der Waals surface area contributed by atoms with E-state index in [-0.39, 0.29) is 18.1 Å². The van der Waals surface area contributed by atoms with Gasteiger partial charge in [-0.15, -0.1) is 0 Å². The van der Waals surface area contributed by atoms with Crippen LogP contribution in [-0.4, -0.2) is 25.9 Å². The first kappa shape index (κ1) is 19.5. The van der Waals surface area contributed by atoms with Gasteiger partial charge in [0.15, 0.2) is 17.3 Å². The minimum Gasteiger partial charge on any atom is -0.493 e. The zero-order valence-electron chi connectivity index (χ0n) is 15.7. The lowest BCUT2D eigenvalue weighted by atomic mass is 10.00. The van der Waals surface area contributed by atoms with E-state index in [1.165, 1.54) is 12.7 Å². The zero-order valence-corrected chi connectivity index (χ0v) is 15.7. The van der Waals surface area contributed by atoms with Gasteiger partial charge in [-0.05, 0) is 30.0 Å². The molecule has 0 aliphatic heterocycles. The summed E-state index contributed by atoms with van der Waals surface area (Å²) >= 11 is 0. The molecule has 1 N–H and O–H groups in total. The van der Waals surface area contributed by atoms with Crippen molar-refractivity contribution in [3.05, 3.63) is 53.6 Å². The van der Waals surface area contributed by atoms with Gasteiger partial charge in [-0.1, -0.05) is 38.1 Å². The zero-order chi connectivity index (χ0) is 19.1. The predicted molar refractivity (Wildman–Crippen MR) is 102 cm³/mol. The van der Waals surface area contributed by atoms with Crippen LogP contribution in [0.2, 0.25) is 0 Å². The Morgan fingerprint density at radius 1 is 0.962 bits per heavy atom. The lowest BCUT2D eigenvalue weighted by Gasteiger charge is -2.10. The van der Waals surface area contributed by atoms with Crippen LogP contribution in [0, 0.1) is 5.92 Å². The van der Waals surface area contributed by atoms with Crippen molar-refractivity contribution < 1.29 is 19.1 Å². The molecule has 0 fully saturated rings. The number of methoxy groups -OCH3 is 2. The monoisotopic (exact) mass is 355 g/mol. The molecule has 2 rings (SSSR count). The van der Waals surface area contributed by atoms with Crippen LogP contribution in [0.3, 0.4) is 0 Å². The predicted octanol–water partition coefficient (Wildman–Crippen LogP) is 4.11. The van der Waals surface area contributed by atoms with Crippen LogP contribution >= 0.6 is 0 Å².